The Hall–Kier alpha value is -0.340. The topological polar surface area (TPSA) is 35.0 Å². The number of rotatable bonds is 2. The molecule has 0 aliphatic carbocycles. The van der Waals surface area contributed by atoms with Crippen molar-refractivity contribution < 1.29 is 0 Å². The molecule has 0 saturated carbocycles. The van der Waals surface area contributed by atoms with E-state index in [1.807, 2.05) is 0 Å². The fourth-order valence-electron chi connectivity index (χ4n) is 1.09. The molecule has 70 valence electrons. The van der Waals surface area contributed by atoms with Crippen molar-refractivity contribution in [2.45, 2.75) is 20.3 Å². The Balaban J connectivity index is 0. The molecule has 1 nitrogen and oxygen atoms in total. The molecule has 0 saturated heterocycles. The highest BCUT2D eigenvalue weighted by Gasteiger charge is 1.94. The van der Waals surface area contributed by atoms with Gasteiger partial charge in [0.15, 0.2) is 0 Å². The van der Waals surface area contributed by atoms with Gasteiger partial charge in [0.1, 0.15) is 0 Å². The molecule has 0 radical (unpaired) electrons. The fraction of sp³-hybridized carbons (Fsp3) is 0.400. The predicted octanol–water partition coefficient (Wildman–Crippen LogP) is 3.63. The average molecular weight is 232 g/mol. The number of halogens is 1. The number of benzene rings is 1. The maximum atomic E-state index is 2.24. The van der Waals surface area contributed by atoms with Crippen LogP contribution >= 0.6 is 17.0 Å². The molecular formula is C10H18BrN. The second-order valence-electron chi connectivity index (χ2n) is 3.08. The standard InChI is InChI=1S/C10H14.BrH.H3N/c1-9(2)8-10-6-4-3-5-7-10;;/h3-7,9H,8H2,1-2H3;1H;1H3. The van der Waals surface area contributed by atoms with Crippen molar-refractivity contribution in [2.24, 2.45) is 5.92 Å². The Kier molecular flexibility index (Phi) is 8.66. The molecule has 0 aliphatic rings. The molecule has 1 aromatic carbocycles. The van der Waals surface area contributed by atoms with Gasteiger partial charge < -0.3 is 6.15 Å². The van der Waals surface area contributed by atoms with E-state index in [4.69, 9.17) is 0 Å². The van der Waals surface area contributed by atoms with Crippen molar-refractivity contribution >= 4 is 17.0 Å². The summed E-state index contributed by atoms with van der Waals surface area (Å²) in [5, 5.41) is 0. The summed E-state index contributed by atoms with van der Waals surface area (Å²) in [5.74, 6) is 0.766. The first-order valence-electron chi connectivity index (χ1n) is 3.83. The Morgan fingerprint density at radius 1 is 1.08 bits per heavy atom. The lowest BCUT2D eigenvalue weighted by atomic mass is 10.0. The Bertz CT molecular complexity index is 184. The molecule has 0 fully saturated rings. The third-order valence-electron chi connectivity index (χ3n) is 1.49. The van der Waals surface area contributed by atoms with Gasteiger partial charge in [0.05, 0.1) is 0 Å². The van der Waals surface area contributed by atoms with E-state index in [0.29, 0.717) is 0 Å². The zero-order valence-electron chi connectivity index (χ0n) is 7.79. The molecule has 0 unspecified atom stereocenters. The molecule has 1 aromatic rings. The van der Waals surface area contributed by atoms with Gasteiger partial charge in [-0.3, -0.25) is 0 Å². The monoisotopic (exact) mass is 231 g/mol. The van der Waals surface area contributed by atoms with Gasteiger partial charge in [-0.25, -0.2) is 0 Å². The minimum atomic E-state index is 0. The maximum absolute atomic E-state index is 2.24. The molecule has 0 aromatic heterocycles. The first kappa shape index (κ1) is 14.2. The lowest BCUT2D eigenvalue weighted by molar-refractivity contribution is 0.647. The molecule has 0 atom stereocenters. The predicted molar refractivity (Wildman–Crippen MR) is 60.3 cm³/mol. The Labute approximate surface area is 85.5 Å². The molecular weight excluding hydrogens is 214 g/mol. The van der Waals surface area contributed by atoms with Crippen molar-refractivity contribution in [3.8, 4) is 0 Å². The van der Waals surface area contributed by atoms with Gasteiger partial charge in [-0.2, -0.15) is 0 Å². The number of hydrogen-bond acceptors (Lipinski definition) is 1. The third kappa shape index (κ3) is 5.33. The minimum Gasteiger partial charge on any atom is -0.344 e. The molecule has 3 N–H and O–H groups in total. The van der Waals surface area contributed by atoms with Crippen molar-refractivity contribution in [3.63, 3.8) is 0 Å². The molecule has 0 aliphatic heterocycles. The molecule has 1 rings (SSSR count). The smallest absolute Gasteiger partial charge is 0.0256 e. The van der Waals surface area contributed by atoms with Crippen LogP contribution in [0, 0.1) is 5.92 Å². The first-order valence-corrected chi connectivity index (χ1v) is 3.83. The molecule has 0 heterocycles. The second-order valence-corrected chi connectivity index (χ2v) is 3.08. The summed E-state index contributed by atoms with van der Waals surface area (Å²) in [5.41, 5.74) is 1.44. The van der Waals surface area contributed by atoms with Crippen molar-refractivity contribution in [2.75, 3.05) is 0 Å². The van der Waals surface area contributed by atoms with Crippen LogP contribution in [-0.4, -0.2) is 0 Å². The highest BCUT2D eigenvalue weighted by molar-refractivity contribution is 8.93. The van der Waals surface area contributed by atoms with Crippen LogP contribution in [0.15, 0.2) is 30.3 Å². The van der Waals surface area contributed by atoms with E-state index in [0.717, 1.165) is 5.92 Å². The molecule has 0 amide bonds. The lowest BCUT2D eigenvalue weighted by Gasteiger charge is -2.02. The summed E-state index contributed by atoms with van der Waals surface area (Å²) in [6.07, 6.45) is 1.20. The van der Waals surface area contributed by atoms with E-state index in [1.165, 1.54) is 12.0 Å². The van der Waals surface area contributed by atoms with Crippen molar-refractivity contribution in [3.05, 3.63) is 35.9 Å². The van der Waals surface area contributed by atoms with Gasteiger partial charge in [-0.1, -0.05) is 44.2 Å². The van der Waals surface area contributed by atoms with E-state index in [-0.39, 0.29) is 23.1 Å². The van der Waals surface area contributed by atoms with Gasteiger partial charge in [0, 0.05) is 0 Å². The average Bonchev–Trinajstić information content (AvgIpc) is 1.88. The van der Waals surface area contributed by atoms with Crippen molar-refractivity contribution in [1.82, 2.24) is 6.15 Å². The van der Waals surface area contributed by atoms with Crippen LogP contribution in [0.25, 0.3) is 0 Å². The van der Waals surface area contributed by atoms with Crippen LogP contribution in [0.5, 0.6) is 0 Å². The van der Waals surface area contributed by atoms with E-state index in [9.17, 15) is 0 Å². The second kappa shape index (κ2) is 7.32. The van der Waals surface area contributed by atoms with Crippen LogP contribution < -0.4 is 6.15 Å². The van der Waals surface area contributed by atoms with E-state index < -0.39 is 0 Å². The van der Waals surface area contributed by atoms with Crippen LogP contribution in [0.2, 0.25) is 0 Å². The van der Waals surface area contributed by atoms with E-state index in [2.05, 4.69) is 44.2 Å². The van der Waals surface area contributed by atoms with Crippen LogP contribution in [-0.2, 0) is 6.42 Å². The summed E-state index contributed by atoms with van der Waals surface area (Å²) in [6, 6.07) is 10.6. The molecule has 0 bridgehead atoms. The lowest BCUT2D eigenvalue weighted by Crippen LogP contribution is -1.92. The summed E-state index contributed by atoms with van der Waals surface area (Å²) in [7, 11) is 0. The van der Waals surface area contributed by atoms with Crippen LogP contribution in [0.3, 0.4) is 0 Å². The normalized spacial score (nSPS) is 8.58. The summed E-state index contributed by atoms with van der Waals surface area (Å²) < 4.78 is 0. The maximum Gasteiger partial charge on any atom is -0.0256 e. The molecule has 0 spiro atoms. The van der Waals surface area contributed by atoms with Gasteiger partial charge in [-0.15, -0.1) is 17.0 Å². The summed E-state index contributed by atoms with van der Waals surface area (Å²) in [6.45, 7) is 4.49. The quantitative estimate of drug-likeness (QED) is 0.830. The van der Waals surface area contributed by atoms with E-state index >= 15 is 0 Å². The van der Waals surface area contributed by atoms with Gasteiger partial charge >= 0.3 is 0 Å². The zero-order chi connectivity index (χ0) is 7.40. The zero-order valence-corrected chi connectivity index (χ0v) is 9.50. The van der Waals surface area contributed by atoms with Crippen LogP contribution in [0.4, 0.5) is 0 Å². The Morgan fingerprint density at radius 3 is 2.00 bits per heavy atom. The van der Waals surface area contributed by atoms with Gasteiger partial charge in [0.25, 0.3) is 0 Å². The van der Waals surface area contributed by atoms with Gasteiger partial charge in [0.2, 0.25) is 0 Å². The van der Waals surface area contributed by atoms with Gasteiger partial charge in [-0.05, 0) is 17.9 Å². The van der Waals surface area contributed by atoms with Crippen LogP contribution in [0.1, 0.15) is 19.4 Å². The minimum absolute atomic E-state index is 0. The highest BCUT2D eigenvalue weighted by Crippen LogP contribution is 2.05. The summed E-state index contributed by atoms with van der Waals surface area (Å²) >= 11 is 0. The highest BCUT2D eigenvalue weighted by atomic mass is 79.9. The first-order chi connectivity index (χ1) is 4.79. The number of hydrogen-bond donors (Lipinski definition) is 1. The summed E-state index contributed by atoms with van der Waals surface area (Å²) in [4.78, 5) is 0. The van der Waals surface area contributed by atoms with E-state index in [1.54, 1.807) is 0 Å². The van der Waals surface area contributed by atoms with Crippen molar-refractivity contribution in [1.29, 1.82) is 0 Å². The largest absolute Gasteiger partial charge is 0.344 e. The Morgan fingerprint density at radius 2 is 1.58 bits per heavy atom. The molecule has 12 heavy (non-hydrogen) atoms. The SMILES string of the molecule is Br.CC(C)Cc1ccccc1.N. The fourth-order valence-corrected chi connectivity index (χ4v) is 1.09. The molecule has 2 heteroatoms. The third-order valence-corrected chi connectivity index (χ3v) is 1.49.